The standard InChI is InChI=1S/C14H13N5O3S/c1-8-3-4-11-12(5-8)23-14(16-11)17-13(20)9(2)18-7-10(6-15-18)19(21)22/h3-7,9H,1-2H3,(H,16,17,20). The van der Waals surface area contributed by atoms with Crippen LogP contribution >= 0.6 is 11.3 Å². The van der Waals surface area contributed by atoms with Crippen LogP contribution in [0, 0.1) is 17.0 Å². The molecule has 3 aromatic rings. The van der Waals surface area contributed by atoms with E-state index in [9.17, 15) is 14.9 Å². The fraction of sp³-hybridized carbons (Fsp3) is 0.214. The molecule has 2 aromatic heterocycles. The second-order valence-corrected chi connectivity index (χ2v) is 6.12. The van der Waals surface area contributed by atoms with Crippen molar-refractivity contribution in [3.05, 3.63) is 46.3 Å². The number of nitro groups is 1. The van der Waals surface area contributed by atoms with Crippen molar-refractivity contribution in [1.82, 2.24) is 14.8 Å². The zero-order chi connectivity index (χ0) is 16.6. The van der Waals surface area contributed by atoms with Crippen LogP contribution in [0.4, 0.5) is 10.8 Å². The number of hydrogen-bond donors (Lipinski definition) is 1. The van der Waals surface area contributed by atoms with E-state index in [1.807, 2.05) is 25.1 Å². The average molecular weight is 331 g/mol. The first-order valence-electron chi connectivity index (χ1n) is 6.80. The molecular weight excluding hydrogens is 318 g/mol. The van der Waals surface area contributed by atoms with Gasteiger partial charge in [0.05, 0.1) is 15.1 Å². The van der Waals surface area contributed by atoms with Gasteiger partial charge in [0, 0.05) is 0 Å². The lowest BCUT2D eigenvalue weighted by molar-refractivity contribution is -0.385. The molecule has 0 aliphatic rings. The van der Waals surface area contributed by atoms with Crippen molar-refractivity contribution in [2.45, 2.75) is 19.9 Å². The number of benzene rings is 1. The first-order chi connectivity index (χ1) is 10.9. The highest BCUT2D eigenvalue weighted by molar-refractivity contribution is 7.22. The Morgan fingerprint density at radius 2 is 2.26 bits per heavy atom. The predicted molar refractivity (Wildman–Crippen MR) is 86.6 cm³/mol. The van der Waals surface area contributed by atoms with Crippen LogP contribution in [-0.4, -0.2) is 25.6 Å². The Morgan fingerprint density at radius 1 is 1.48 bits per heavy atom. The van der Waals surface area contributed by atoms with Crippen LogP contribution in [0.25, 0.3) is 10.2 Å². The maximum absolute atomic E-state index is 12.3. The molecule has 0 saturated carbocycles. The number of aryl methyl sites for hydroxylation is 1. The van der Waals surface area contributed by atoms with Gasteiger partial charge in [-0.3, -0.25) is 19.6 Å². The van der Waals surface area contributed by atoms with Crippen molar-refractivity contribution < 1.29 is 9.72 Å². The Hall–Kier alpha value is -2.81. The highest BCUT2D eigenvalue weighted by Gasteiger charge is 2.20. The minimum Gasteiger partial charge on any atom is -0.300 e. The quantitative estimate of drug-likeness (QED) is 0.585. The van der Waals surface area contributed by atoms with E-state index in [0.29, 0.717) is 5.13 Å². The molecule has 1 unspecified atom stereocenters. The number of nitrogens with zero attached hydrogens (tertiary/aromatic N) is 4. The SMILES string of the molecule is Cc1ccc2nc(NC(=O)C(C)n3cc([N+](=O)[O-])cn3)sc2c1. The van der Waals surface area contributed by atoms with Crippen molar-refractivity contribution in [3.8, 4) is 0 Å². The number of anilines is 1. The Labute approximate surface area is 134 Å². The van der Waals surface area contributed by atoms with Gasteiger partial charge in [-0.25, -0.2) is 4.98 Å². The summed E-state index contributed by atoms with van der Waals surface area (Å²) in [6.45, 7) is 3.60. The molecule has 0 radical (unpaired) electrons. The molecule has 0 aliphatic carbocycles. The van der Waals surface area contributed by atoms with E-state index >= 15 is 0 Å². The number of fused-ring (bicyclic) bond motifs is 1. The summed E-state index contributed by atoms with van der Waals surface area (Å²) in [5.74, 6) is -0.334. The van der Waals surface area contributed by atoms with Crippen LogP contribution in [0.3, 0.4) is 0 Å². The lowest BCUT2D eigenvalue weighted by atomic mass is 10.2. The Balaban J connectivity index is 1.77. The molecule has 1 N–H and O–H groups in total. The molecule has 8 nitrogen and oxygen atoms in total. The molecule has 118 valence electrons. The Bertz CT molecular complexity index is 901. The molecule has 0 aliphatic heterocycles. The van der Waals surface area contributed by atoms with E-state index in [4.69, 9.17) is 0 Å². The molecule has 0 saturated heterocycles. The predicted octanol–water partition coefficient (Wildman–Crippen LogP) is 2.91. The van der Waals surface area contributed by atoms with E-state index in [1.54, 1.807) is 6.92 Å². The van der Waals surface area contributed by atoms with Crippen molar-refractivity contribution in [2.24, 2.45) is 0 Å². The fourth-order valence-electron chi connectivity index (χ4n) is 2.05. The van der Waals surface area contributed by atoms with Gasteiger partial charge in [-0.05, 0) is 31.5 Å². The van der Waals surface area contributed by atoms with Gasteiger partial charge >= 0.3 is 5.69 Å². The zero-order valence-electron chi connectivity index (χ0n) is 12.4. The number of thiazole rings is 1. The molecule has 0 bridgehead atoms. The van der Waals surface area contributed by atoms with Crippen molar-refractivity contribution in [2.75, 3.05) is 5.32 Å². The second kappa shape index (κ2) is 5.76. The minimum absolute atomic E-state index is 0.153. The summed E-state index contributed by atoms with van der Waals surface area (Å²) in [5, 5.41) is 17.7. The molecule has 23 heavy (non-hydrogen) atoms. The Morgan fingerprint density at radius 3 is 2.96 bits per heavy atom. The summed E-state index contributed by atoms with van der Waals surface area (Å²) in [6.07, 6.45) is 2.34. The van der Waals surface area contributed by atoms with Crippen LogP contribution < -0.4 is 5.32 Å². The second-order valence-electron chi connectivity index (χ2n) is 5.09. The van der Waals surface area contributed by atoms with Gasteiger partial charge in [0.25, 0.3) is 5.91 Å². The van der Waals surface area contributed by atoms with Crippen LogP contribution in [0.5, 0.6) is 0 Å². The van der Waals surface area contributed by atoms with Gasteiger partial charge in [0.15, 0.2) is 5.13 Å². The molecule has 0 spiro atoms. The smallest absolute Gasteiger partial charge is 0.300 e. The number of carbonyl (C=O) groups is 1. The van der Waals surface area contributed by atoms with Gasteiger partial charge in [0.2, 0.25) is 0 Å². The summed E-state index contributed by atoms with van der Waals surface area (Å²) in [5.41, 5.74) is 1.79. The average Bonchev–Trinajstić information content (AvgIpc) is 3.12. The van der Waals surface area contributed by atoms with Gasteiger partial charge in [-0.1, -0.05) is 17.4 Å². The molecule has 2 heterocycles. The van der Waals surface area contributed by atoms with Crippen LogP contribution in [0.2, 0.25) is 0 Å². The third-order valence-corrected chi connectivity index (χ3v) is 4.28. The van der Waals surface area contributed by atoms with Crippen LogP contribution in [-0.2, 0) is 4.79 Å². The van der Waals surface area contributed by atoms with E-state index in [2.05, 4.69) is 15.4 Å². The normalized spacial score (nSPS) is 12.3. The molecule has 1 amide bonds. The number of hydrogen-bond acceptors (Lipinski definition) is 6. The number of carbonyl (C=O) groups excluding carboxylic acids is 1. The largest absolute Gasteiger partial charge is 0.307 e. The molecule has 1 atom stereocenters. The Kier molecular flexibility index (Phi) is 3.78. The molecule has 9 heteroatoms. The number of nitrogens with one attached hydrogen (secondary N) is 1. The summed E-state index contributed by atoms with van der Waals surface area (Å²) < 4.78 is 2.24. The molecular formula is C14H13N5O3S. The first kappa shape index (κ1) is 15.1. The number of aromatic nitrogens is 3. The zero-order valence-corrected chi connectivity index (χ0v) is 13.2. The van der Waals surface area contributed by atoms with E-state index < -0.39 is 11.0 Å². The number of amides is 1. The van der Waals surface area contributed by atoms with Gasteiger partial charge < -0.3 is 5.32 Å². The highest BCUT2D eigenvalue weighted by Crippen LogP contribution is 2.27. The maximum Gasteiger partial charge on any atom is 0.307 e. The van der Waals surface area contributed by atoms with Crippen molar-refractivity contribution in [1.29, 1.82) is 0 Å². The minimum atomic E-state index is -0.683. The van der Waals surface area contributed by atoms with Crippen LogP contribution in [0.1, 0.15) is 18.5 Å². The summed E-state index contributed by atoms with van der Waals surface area (Å²) in [7, 11) is 0. The number of rotatable bonds is 4. The third-order valence-electron chi connectivity index (χ3n) is 3.35. The topological polar surface area (TPSA) is 103 Å². The van der Waals surface area contributed by atoms with Crippen molar-refractivity contribution in [3.63, 3.8) is 0 Å². The van der Waals surface area contributed by atoms with Gasteiger partial charge in [-0.2, -0.15) is 5.10 Å². The van der Waals surface area contributed by atoms with Crippen molar-refractivity contribution >= 4 is 38.3 Å². The summed E-state index contributed by atoms with van der Waals surface area (Å²) in [4.78, 5) is 26.7. The molecule has 0 fully saturated rings. The maximum atomic E-state index is 12.3. The van der Waals surface area contributed by atoms with Crippen LogP contribution in [0.15, 0.2) is 30.6 Å². The van der Waals surface area contributed by atoms with Gasteiger partial charge in [0.1, 0.15) is 18.4 Å². The summed E-state index contributed by atoms with van der Waals surface area (Å²) >= 11 is 1.38. The van der Waals surface area contributed by atoms with E-state index in [-0.39, 0.29) is 11.6 Å². The van der Waals surface area contributed by atoms with E-state index in [0.717, 1.165) is 22.0 Å². The third kappa shape index (κ3) is 3.04. The highest BCUT2D eigenvalue weighted by atomic mass is 32.1. The van der Waals surface area contributed by atoms with E-state index in [1.165, 1.54) is 22.2 Å². The van der Waals surface area contributed by atoms with Gasteiger partial charge in [-0.15, -0.1) is 0 Å². The monoisotopic (exact) mass is 331 g/mol. The first-order valence-corrected chi connectivity index (χ1v) is 7.62. The molecule has 1 aromatic carbocycles. The molecule has 3 rings (SSSR count). The lowest BCUT2D eigenvalue weighted by Crippen LogP contribution is -2.23. The summed E-state index contributed by atoms with van der Waals surface area (Å²) in [6, 6.07) is 5.18. The fourth-order valence-corrected chi connectivity index (χ4v) is 3.02. The lowest BCUT2D eigenvalue weighted by Gasteiger charge is -2.10.